The molecule has 0 saturated carbocycles. The number of para-hydroxylation sites is 1. The molecule has 0 aliphatic carbocycles. The van der Waals surface area contributed by atoms with E-state index in [1.54, 1.807) is 0 Å². The summed E-state index contributed by atoms with van der Waals surface area (Å²) in [5.74, 6) is 0. The van der Waals surface area contributed by atoms with Gasteiger partial charge in [-0.3, -0.25) is 4.90 Å². The molecule has 1 N–H and O–H groups in total. The molecule has 1 heterocycles. The van der Waals surface area contributed by atoms with Gasteiger partial charge in [-0.25, -0.2) is 0 Å². The first-order valence-corrected chi connectivity index (χ1v) is 6.40. The quantitative estimate of drug-likeness (QED) is 0.864. The van der Waals surface area contributed by atoms with E-state index in [1.165, 1.54) is 5.69 Å². The summed E-state index contributed by atoms with van der Waals surface area (Å²) in [5, 5.41) is 3.47. The molecular weight excluding hydrogens is 212 g/mol. The minimum absolute atomic E-state index is 0.364. The second kappa shape index (κ2) is 6.03. The van der Waals surface area contributed by atoms with E-state index in [-0.39, 0.29) is 0 Å². The van der Waals surface area contributed by atoms with Crippen LogP contribution in [0.15, 0.2) is 30.3 Å². The van der Waals surface area contributed by atoms with Crippen molar-refractivity contribution in [2.24, 2.45) is 0 Å². The summed E-state index contributed by atoms with van der Waals surface area (Å²) in [7, 11) is 0. The van der Waals surface area contributed by atoms with Gasteiger partial charge in [0.2, 0.25) is 0 Å². The zero-order chi connectivity index (χ0) is 12.1. The minimum atomic E-state index is 0.364. The van der Waals surface area contributed by atoms with Gasteiger partial charge in [-0.15, -0.1) is 0 Å². The molecule has 3 heteroatoms. The van der Waals surface area contributed by atoms with Gasteiger partial charge in [-0.1, -0.05) is 18.2 Å². The molecule has 17 heavy (non-hydrogen) atoms. The second-order valence-electron chi connectivity index (χ2n) is 4.77. The van der Waals surface area contributed by atoms with E-state index in [4.69, 9.17) is 4.74 Å². The van der Waals surface area contributed by atoms with Gasteiger partial charge in [0.25, 0.3) is 0 Å². The first-order chi connectivity index (χ1) is 8.25. The Morgan fingerprint density at radius 3 is 2.88 bits per heavy atom. The lowest BCUT2D eigenvalue weighted by Gasteiger charge is -2.35. The molecule has 2 unspecified atom stereocenters. The third kappa shape index (κ3) is 3.72. The number of morpholine rings is 1. The molecule has 0 aromatic heterocycles. The number of nitrogens with zero attached hydrogens (tertiary/aromatic N) is 1. The number of rotatable bonds is 4. The summed E-state index contributed by atoms with van der Waals surface area (Å²) in [6.45, 7) is 8.34. The van der Waals surface area contributed by atoms with Crippen molar-refractivity contribution in [2.75, 3.05) is 31.6 Å². The van der Waals surface area contributed by atoms with Gasteiger partial charge < -0.3 is 10.1 Å². The van der Waals surface area contributed by atoms with Gasteiger partial charge in [0.15, 0.2) is 0 Å². The highest BCUT2D eigenvalue weighted by atomic mass is 16.5. The summed E-state index contributed by atoms with van der Waals surface area (Å²) >= 11 is 0. The summed E-state index contributed by atoms with van der Waals surface area (Å²) in [6, 6.07) is 10.9. The molecule has 0 amide bonds. The monoisotopic (exact) mass is 234 g/mol. The Balaban J connectivity index is 1.79. The predicted molar refractivity (Wildman–Crippen MR) is 71.4 cm³/mol. The van der Waals surface area contributed by atoms with E-state index in [9.17, 15) is 0 Å². The van der Waals surface area contributed by atoms with Crippen molar-refractivity contribution in [3.05, 3.63) is 30.3 Å². The summed E-state index contributed by atoms with van der Waals surface area (Å²) < 4.78 is 5.56. The van der Waals surface area contributed by atoms with Crippen molar-refractivity contribution >= 4 is 5.69 Å². The highest BCUT2D eigenvalue weighted by molar-refractivity contribution is 5.42. The van der Waals surface area contributed by atoms with Crippen molar-refractivity contribution in [1.82, 2.24) is 4.90 Å². The maximum atomic E-state index is 5.56. The van der Waals surface area contributed by atoms with Gasteiger partial charge in [0.05, 0.1) is 12.7 Å². The number of ether oxygens (including phenoxy) is 1. The highest BCUT2D eigenvalue weighted by Crippen LogP contribution is 2.10. The normalized spacial score (nSPS) is 23.3. The number of hydrogen-bond acceptors (Lipinski definition) is 3. The van der Waals surface area contributed by atoms with Crippen LogP contribution < -0.4 is 5.32 Å². The maximum absolute atomic E-state index is 5.56. The van der Waals surface area contributed by atoms with Crippen LogP contribution in [0.3, 0.4) is 0 Å². The highest BCUT2D eigenvalue weighted by Gasteiger charge is 2.20. The third-order valence-electron chi connectivity index (χ3n) is 3.27. The molecule has 1 aliphatic heterocycles. The lowest BCUT2D eigenvalue weighted by atomic mass is 10.2. The molecule has 1 aromatic rings. The van der Waals surface area contributed by atoms with Crippen LogP contribution in [0.2, 0.25) is 0 Å². The molecule has 2 rings (SSSR count). The van der Waals surface area contributed by atoms with Gasteiger partial charge >= 0.3 is 0 Å². The smallest absolute Gasteiger partial charge is 0.0674 e. The van der Waals surface area contributed by atoms with E-state index in [2.05, 4.69) is 48.3 Å². The Hall–Kier alpha value is -1.06. The Morgan fingerprint density at radius 1 is 1.41 bits per heavy atom. The van der Waals surface area contributed by atoms with Crippen molar-refractivity contribution in [2.45, 2.75) is 26.0 Å². The fourth-order valence-electron chi connectivity index (χ4n) is 2.20. The van der Waals surface area contributed by atoms with E-state index >= 15 is 0 Å². The van der Waals surface area contributed by atoms with Crippen LogP contribution in [0.4, 0.5) is 5.69 Å². The molecule has 1 saturated heterocycles. The average Bonchev–Trinajstić information content (AvgIpc) is 2.37. The topological polar surface area (TPSA) is 24.5 Å². The van der Waals surface area contributed by atoms with Crippen LogP contribution in [0.25, 0.3) is 0 Å². The van der Waals surface area contributed by atoms with Gasteiger partial charge in [0.1, 0.15) is 0 Å². The SMILES string of the molecule is CC1CN(C(C)CNc2ccccc2)CCO1. The molecule has 1 aliphatic rings. The lowest BCUT2D eigenvalue weighted by molar-refractivity contribution is -0.0296. The lowest BCUT2D eigenvalue weighted by Crippen LogP contribution is -2.47. The Bertz CT molecular complexity index is 328. The fraction of sp³-hybridized carbons (Fsp3) is 0.571. The van der Waals surface area contributed by atoms with Crippen LogP contribution in [0.5, 0.6) is 0 Å². The fourth-order valence-corrected chi connectivity index (χ4v) is 2.20. The number of hydrogen-bond donors (Lipinski definition) is 1. The summed E-state index contributed by atoms with van der Waals surface area (Å²) in [5.41, 5.74) is 1.20. The predicted octanol–water partition coefficient (Wildman–Crippen LogP) is 2.21. The van der Waals surface area contributed by atoms with Crippen LogP contribution >= 0.6 is 0 Å². The Kier molecular flexibility index (Phi) is 4.40. The molecule has 1 aromatic carbocycles. The molecule has 3 nitrogen and oxygen atoms in total. The van der Waals surface area contributed by atoms with Crippen LogP contribution in [-0.4, -0.2) is 43.3 Å². The maximum Gasteiger partial charge on any atom is 0.0674 e. The third-order valence-corrected chi connectivity index (χ3v) is 3.27. The van der Waals surface area contributed by atoms with E-state index in [1.807, 2.05) is 6.07 Å². The Labute approximate surface area is 104 Å². The number of benzene rings is 1. The van der Waals surface area contributed by atoms with Crippen molar-refractivity contribution < 1.29 is 4.74 Å². The largest absolute Gasteiger partial charge is 0.383 e. The molecule has 2 atom stereocenters. The Morgan fingerprint density at radius 2 is 2.18 bits per heavy atom. The number of nitrogens with one attached hydrogen (secondary N) is 1. The van der Waals surface area contributed by atoms with Crippen LogP contribution in [0, 0.1) is 0 Å². The minimum Gasteiger partial charge on any atom is -0.383 e. The summed E-state index contributed by atoms with van der Waals surface area (Å²) in [6.07, 6.45) is 0.364. The molecule has 0 radical (unpaired) electrons. The van der Waals surface area contributed by atoms with Gasteiger partial charge in [-0.2, -0.15) is 0 Å². The van der Waals surface area contributed by atoms with Crippen molar-refractivity contribution in [3.8, 4) is 0 Å². The second-order valence-corrected chi connectivity index (χ2v) is 4.77. The van der Waals surface area contributed by atoms with Crippen molar-refractivity contribution in [1.29, 1.82) is 0 Å². The zero-order valence-electron chi connectivity index (χ0n) is 10.7. The number of anilines is 1. The van der Waals surface area contributed by atoms with Crippen LogP contribution in [0.1, 0.15) is 13.8 Å². The first kappa shape index (κ1) is 12.4. The van der Waals surface area contributed by atoms with Crippen molar-refractivity contribution in [3.63, 3.8) is 0 Å². The van der Waals surface area contributed by atoms with E-state index in [0.717, 1.165) is 26.2 Å². The van der Waals surface area contributed by atoms with Gasteiger partial charge in [0, 0.05) is 31.4 Å². The van der Waals surface area contributed by atoms with E-state index in [0.29, 0.717) is 12.1 Å². The molecule has 1 fully saturated rings. The molecular formula is C14H22N2O. The average molecular weight is 234 g/mol. The van der Waals surface area contributed by atoms with Gasteiger partial charge in [-0.05, 0) is 26.0 Å². The molecule has 0 spiro atoms. The molecule has 0 bridgehead atoms. The standard InChI is InChI=1S/C14H22N2O/c1-12(16-8-9-17-13(2)11-16)10-15-14-6-4-3-5-7-14/h3-7,12-13,15H,8-11H2,1-2H3. The summed E-state index contributed by atoms with van der Waals surface area (Å²) in [4.78, 5) is 2.49. The molecule has 94 valence electrons. The van der Waals surface area contributed by atoms with Crippen LogP contribution in [-0.2, 0) is 4.74 Å². The van der Waals surface area contributed by atoms with E-state index < -0.39 is 0 Å². The first-order valence-electron chi connectivity index (χ1n) is 6.40. The zero-order valence-corrected chi connectivity index (χ0v) is 10.7.